The number of carbonyl (C=O) groups excluding carboxylic acids is 1. The van der Waals surface area contributed by atoms with Crippen LogP contribution in [0.4, 0.5) is 10.2 Å². The lowest BCUT2D eigenvalue weighted by atomic mass is 9.96. The van der Waals surface area contributed by atoms with Crippen LogP contribution in [-0.4, -0.2) is 46.5 Å². The van der Waals surface area contributed by atoms with Crippen molar-refractivity contribution in [3.8, 4) is 23.3 Å². The van der Waals surface area contributed by atoms with Crippen molar-refractivity contribution >= 4 is 23.3 Å². The Bertz CT molecular complexity index is 1300. The van der Waals surface area contributed by atoms with Crippen LogP contribution in [0.2, 0.25) is 5.15 Å². The number of anilines is 1. The molecule has 4 aliphatic rings. The third kappa shape index (κ3) is 4.00. The van der Waals surface area contributed by atoms with Gasteiger partial charge in [-0.1, -0.05) is 11.6 Å². The highest BCUT2D eigenvalue weighted by Gasteiger charge is 2.45. The maximum Gasteiger partial charge on any atom is 0.226 e. The van der Waals surface area contributed by atoms with Gasteiger partial charge in [0.1, 0.15) is 18.0 Å². The summed E-state index contributed by atoms with van der Waals surface area (Å²) in [6.07, 6.45) is 7.32. The molecule has 0 aromatic carbocycles. The zero-order chi connectivity index (χ0) is 24.3. The van der Waals surface area contributed by atoms with E-state index in [0.29, 0.717) is 48.2 Å². The molecule has 0 N–H and O–H groups in total. The Morgan fingerprint density at radius 3 is 2.46 bits per heavy atom. The van der Waals surface area contributed by atoms with Gasteiger partial charge in [-0.3, -0.25) is 4.79 Å². The van der Waals surface area contributed by atoms with Crippen LogP contribution < -0.4 is 4.90 Å². The maximum absolute atomic E-state index is 15.1. The third-order valence-electron chi connectivity index (χ3n) is 7.58. The Morgan fingerprint density at radius 2 is 1.83 bits per heavy atom. The van der Waals surface area contributed by atoms with Crippen LogP contribution in [0, 0.1) is 40.3 Å². The average Bonchev–Trinajstić information content (AvgIpc) is 3.74. The first-order valence-electron chi connectivity index (χ1n) is 12.2. The van der Waals surface area contributed by atoms with Crippen molar-refractivity contribution in [1.29, 1.82) is 10.5 Å². The summed E-state index contributed by atoms with van der Waals surface area (Å²) in [5.41, 5.74) is 1.58. The summed E-state index contributed by atoms with van der Waals surface area (Å²) < 4.78 is 15.1. The van der Waals surface area contributed by atoms with E-state index in [2.05, 4.69) is 20.9 Å². The van der Waals surface area contributed by atoms with Crippen molar-refractivity contribution in [2.75, 3.05) is 24.5 Å². The fourth-order valence-corrected chi connectivity index (χ4v) is 5.39. The lowest BCUT2D eigenvalue weighted by Gasteiger charge is -2.43. The normalized spacial score (nSPS) is 22.0. The highest BCUT2D eigenvalue weighted by atomic mass is 35.5. The lowest BCUT2D eigenvalue weighted by Crippen LogP contribution is -2.57. The molecule has 6 rings (SSSR count). The highest BCUT2D eigenvalue weighted by Crippen LogP contribution is 2.47. The molecule has 3 saturated carbocycles. The largest absolute Gasteiger partial charge is 0.352 e. The molecule has 1 unspecified atom stereocenters. The smallest absolute Gasteiger partial charge is 0.226 e. The summed E-state index contributed by atoms with van der Waals surface area (Å²) in [4.78, 5) is 25.8. The van der Waals surface area contributed by atoms with Crippen molar-refractivity contribution in [3.63, 3.8) is 0 Å². The number of rotatable bonds is 5. The standard InChI is InChI=1S/C26H24ClFN6O/c27-24-22(28)21(18(11-30)12-31-24)19-9-17(10-29)25(32-23(19)15-3-4-15)33-7-8-34(26(35)16-5-6-16)20(13-33)14-1-2-14/h9,12,14-16,20H,1-8,13H2. The number of nitriles is 2. The molecule has 35 heavy (non-hydrogen) atoms. The van der Waals surface area contributed by atoms with E-state index in [9.17, 15) is 15.3 Å². The van der Waals surface area contributed by atoms with Gasteiger partial charge < -0.3 is 9.80 Å². The third-order valence-corrected chi connectivity index (χ3v) is 7.84. The first-order valence-corrected chi connectivity index (χ1v) is 12.6. The van der Waals surface area contributed by atoms with Gasteiger partial charge in [0.15, 0.2) is 11.0 Å². The summed E-state index contributed by atoms with van der Waals surface area (Å²) >= 11 is 5.96. The number of hydrogen-bond donors (Lipinski definition) is 0. The molecule has 0 spiro atoms. The molecular weight excluding hydrogens is 467 g/mol. The van der Waals surface area contributed by atoms with E-state index in [1.165, 1.54) is 6.20 Å². The minimum absolute atomic E-state index is 0.0562. The van der Waals surface area contributed by atoms with Gasteiger partial charge in [-0.05, 0) is 50.5 Å². The number of aromatic nitrogens is 2. The van der Waals surface area contributed by atoms with Crippen LogP contribution in [-0.2, 0) is 4.79 Å². The van der Waals surface area contributed by atoms with Gasteiger partial charge in [-0.15, -0.1) is 0 Å². The predicted molar refractivity (Wildman–Crippen MR) is 127 cm³/mol. The highest BCUT2D eigenvalue weighted by molar-refractivity contribution is 6.29. The SMILES string of the molecule is N#Cc1cc(-c2c(C#N)cnc(Cl)c2F)c(C2CC2)nc1N1CCN(C(=O)C2CC2)C(C2CC2)C1. The molecule has 2 aromatic heterocycles. The topological polar surface area (TPSA) is 96.9 Å². The summed E-state index contributed by atoms with van der Waals surface area (Å²) in [5, 5.41) is 19.3. The molecule has 9 heteroatoms. The van der Waals surface area contributed by atoms with Crippen LogP contribution in [0.3, 0.4) is 0 Å². The molecule has 1 amide bonds. The van der Waals surface area contributed by atoms with Crippen molar-refractivity contribution in [2.45, 2.75) is 50.5 Å². The van der Waals surface area contributed by atoms with Crippen molar-refractivity contribution in [3.05, 3.63) is 40.1 Å². The molecule has 7 nitrogen and oxygen atoms in total. The number of halogens is 2. The van der Waals surface area contributed by atoms with Crippen LogP contribution in [0.15, 0.2) is 12.3 Å². The molecule has 3 heterocycles. The van der Waals surface area contributed by atoms with Gasteiger partial charge in [-0.25, -0.2) is 14.4 Å². The maximum atomic E-state index is 15.1. The Morgan fingerprint density at radius 1 is 1.09 bits per heavy atom. The van der Waals surface area contributed by atoms with Gasteiger partial charge >= 0.3 is 0 Å². The van der Waals surface area contributed by atoms with E-state index in [-0.39, 0.29) is 40.1 Å². The van der Waals surface area contributed by atoms with E-state index in [4.69, 9.17) is 16.6 Å². The van der Waals surface area contributed by atoms with Gasteiger partial charge in [0, 0.05) is 48.8 Å². The second kappa shape index (κ2) is 8.46. The monoisotopic (exact) mass is 490 g/mol. The van der Waals surface area contributed by atoms with E-state index >= 15 is 4.39 Å². The Labute approximate surface area is 208 Å². The minimum Gasteiger partial charge on any atom is -0.352 e. The Hall–Kier alpha value is -3.23. The molecule has 4 fully saturated rings. The quantitative estimate of drug-likeness (QED) is 0.576. The fraction of sp³-hybridized carbons (Fsp3) is 0.500. The number of piperazine rings is 1. The van der Waals surface area contributed by atoms with Crippen molar-refractivity contribution in [1.82, 2.24) is 14.9 Å². The minimum atomic E-state index is -0.771. The molecule has 0 bridgehead atoms. The molecule has 1 atom stereocenters. The van der Waals surface area contributed by atoms with Gasteiger partial charge in [0.2, 0.25) is 5.91 Å². The average molecular weight is 491 g/mol. The molecule has 178 valence electrons. The number of hydrogen-bond acceptors (Lipinski definition) is 6. The molecule has 2 aromatic rings. The Kier molecular flexibility index (Phi) is 5.38. The van der Waals surface area contributed by atoms with E-state index in [1.54, 1.807) is 6.07 Å². The fourth-order valence-electron chi connectivity index (χ4n) is 5.25. The van der Waals surface area contributed by atoms with Crippen LogP contribution >= 0.6 is 11.6 Å². The first-order chi connectivity index (χ1) is 17.0. The molecule has 3 aliphatic carbocycles. The second-order valence-corrected chi connectivity index (χ2v) is 10.5. The number of carbonyl (C=O) groups is 1. The second-order valence-electron chi connectivity index (χ2n) is 10.1. The van der Waals surface area contributed by atoms with Crippen LogP contribution in [0.25, 0.3) is 11.1 Å². The number of amides is 1. The van der Waals surface area contributed by atoms with Gasteiger partial charge in [0.05, 0.1) is 22.9 Å². The lowest BCUT2D eigenvalue weighted by molar-refractivity contribution is -0.135. The number of pyridine rings is 2. The molecular formula is C26H24ClFN6O. The summed E-state index contributed by atoms with van der Waals surface area (Å²) in [6, 6.07) is 6.03. The van der Waals surface area contributed by atoms with E-state index in [1.807, 2.05) is 6.07 Å². The predicted octanol–water partition coefficient (Wildman–Crippen LogP) is 4.39. The van der Waals surface area contributed by atoms with Crippen molar-refractivity contribution < 1.29 is 9.18 Å². The Balaban J connectivity index is 1.40. The zero-order valence-corrected chi connectivity index (χ0v) is 19.9. The molecule has 1 saturated heterocycles. The van der Waals surface area contributed by atoms with E-state index < -0.39 is 5.82 Å². The molecule has 0 radical (unpaired) electrons. The van der Waals surface area contributed by atoms with Crippen molar-refractivity contribution in [2.24, 2.45) is 11.8 Å². The first kappa shape index (κ1) is 22.2. The molecule has 1 aliphatic heterocycles. The van der Waals surface area contributed by atoms with Crippen LogP contribution in [0.5, 0.6) is 0 Å². The van der Waals surface area contributed by atoms with Gasteiger partial charge in [0.25, 0.3) is 0 Å². The summed E-state index contributed by atoms with van der Waals surface area (Å²) in [5.74, 6) is 0.921. The summed E-state index contributed by atoms with van der Waals surface area (Å²) in [7, 11) is 0. The zero-order valence-electron chi connectivity index (χ0n) is 19.2. The number of nitrogens with zero attached hydrogens (tertiary/aromatic N) is 6. The van der Waals surface area contributed by atoms with E-state index in [0.717, 1.165) is 38.5 Å². The summed E-state index contributed by atoms with van der Waals surface area (Å²) in [6.45, 7) is 1.87. The van der Waals surface area contributed by atoms with Crippen LogP contribution in [0.1, 0.15) is 61.3 Å². The van der Waals surface area contributed by atoms with Gasteiger partial charge in [-0.2, -0.15) is 10.5 Å².